The number of ether oxygens (including phenoxy) is 3. The van der Waals surface area contributed by atoms with E-state index in [1.807, 2.05) is 91.0 Å². The first-order chi connectivity index (χ1) is 16.2. The summed E-state index contributed by atoms with van der Waals surface area (Å²) in [5, 5.41) is 21.2. The van der Waals surface area contributed by atoms with Gasteiger partial charge < -0.3 is 24.4 Å². The number of benzene rings is 3. The molecule has 0 aliphatic heterocycles. The normalized spacial score (nSPS) is 24.6. The first-order valence-corrected chi connectivity index (χ1v) is 11.2. The highest BCUT2D eigenvalue weighted by atomic mass is 16.6. The second-order valence-corrected chi connectivity index (χ2v) is 8.25. The van der Waals surface area contributed by atoms with E-state index in [4.69, 9.17) is 14.2 Å². The molecule has 3 aromatic carbocycles. The van der Waals surface area contributed by atoms with Crippen LogP contribution in [0.15, 0.2) is 103 Å². The van der Waals surface area contributed by atoms with Gasteiger partial charge in [0.2, 0.25) is 0 Å². The van der Waals surface area contributed by atoms with Crippen molar-refractivity contribution in [3.8, 4) is 0 Å². The van der Waals surface area contributed by atoms with Crippen molar-refractivity contribution in [2.24, 2.45) is 0 Å². The molecule has 0 radical (unpaired) electrons. The van der Waals surface area contributed by atoms with Crippen LogP contribution in [0.1, 0.15) is 16.7 Å². The Morgan fingerprint density at radius 1 is 0.636 bits per heavy atom. The third kappa shape index (κ3) is 6.16. The molecule has 1 aliphatic rings. The van der Waals surface area contributed by atoms with Crippen LogP contribution in [0.25, 0.3) is 0 Å². The summed E-state index contributed by atoms with van der Waals surface area (Å²) < 4.78 is 18.7. The van der Waals surface area contributed by atoms with E-state index in [0.29, 0.717) is 13.2 Å². The molecule has 0 saturated heterocycles. The molecule has 0 spiro atoms. The van der Waals surface area contributed by atoms with Crippen molar-refractivity contribution in [3.05, 3.63) is 120 Å². The number of aliphatic hydroxyl groups is 2. The maximum absolute atomic E-state index is 11.2. The van der Waals surface area contributed by atoms with Crippen LogP contribution in [-0.2, 0) is 34.0 Å². The molecular weight excluding hydrogens is 416 g/mol. The Balaban J connectivity index is 1.55. The lowest BCUT2D eigenvalue weighted by Crippen LogP contribution is -2.59. The first-order valence-electron chi connectivity index (χ1n) is 11.2. The minimum absolute atomic E-state index is 0.276. The van der Waals surface area contributed by atoms with Gasteiger partial charge in [0.15, 0.2) is 0 Å². The largest absolute Gasteiger partial charge is 0.393 e. The van der Waals surface area contributed by atoms with Gasteiger partial charge in [0, 0.05) is 0 Å². The second kappa shape index (κ2) is 11.4. The first kappa shape index (κ1) is 23.4. The van der Waals surface area contributed by atoms with Crippen LogP contribution in [0.3, 0.4) is 0 Å². The van der Waals surface area contributed by atoms with Crippen molar-refractivity contribution < 1.29 is 24.4 Å². The predicted octanol–water partition coefficient (Wildman–Crippen LogP) is 4.04. The van der Waals surface area contributed by atoms with E-state index in [9.17, 15) is 10.2 Å². The molecule has 0 aromatic heterocycles. The topological polar surface area (TPSA) is 68.2 Å². The zero-order valence-corrected chi connectivity index (χ0v) is 18.5. The summed E-state index contributed by atoms with van der Waals surface area (Å²) in [7, 11) is 0. The molecule has 0 unspecified atom stereocenters. The molecule has 4 rings (SSSR count). The average molecular weight is 447 g/mol. The summed E-state index contributed by atoms with van der Waals surface area (Å²) in [5.41, 5.74) is 1.43. The summed E-state index contributed by atoms with van der Waals surface area (Å²) in [5.74, 6) is 0. The Bertz CT molecular complexity index is 993. The molecule has 5 heteroatoms. The lowest BCUT2D eigenvalue weighted by Gasteiger charge is -2.43. The Morgan fingerprint density at radius 3 is 1.58 bits per heavy atom. The van der Waals surface area contributed by atoms with E-state index in [2.05, 4.69) is 0 Å². The Labute approximate surface area is 194 Å². The standard InChI is InChI=1S/C28H30O5/c29-21-28(30)17-16-25(31-18-22-10-4-1-5-11-22)26(32-19-23-12-6-2-7-13-23)27(28)33-20-24-14-8-3-9-15-24/h1-17,25-27,29-30H,18-21H2/t25-,26+,27-,28+/m0/s1. The van der Waals surface area contributed by atoms with E-state index >= 15 is 0 Å². The van der Waals surface area contributed by atoms with Gasteiger partial charge in [-0.3, -0.25) is 0 Å². The van der Waals surface area contributed by atoms with Crippen molar-refractivity contribution in [3.63, 3.8) is 0 Å². The van der Waals surface area contributed by atoms with E-state index in [1.54, 1.807) is 12.2 Å². The van der Waals surface area contributed by atoms with Crippen LogP contribution >= 0.6 is 0 Å². The fourth-order valence-electron chi connectivity index (χ4n) is 3.93. The molecule has 33 heavy (non-hydrogen) atoms. The smallest absolute Gasteiger partial charge is 0.134 e. The van der Waals surface area contributed by atoms with Gasteiger partial charge in [-0.1, -0.05) is 97.1 Å². The van der Waals surface area contributed by atoms with Gasteiger partial charge in [-0.15, -0.1) is 0 Å². The molecule has 0 amide bonds. The second-order valence-electron chi connectivity index (χ2n) is 8.25. The summed E-state index contributed by atoms with van der Waals surface area (Å²) in [6.45, 7) is 0.513. The third-order valence-corrected chi connectivity index (χ3v) is 5.79. The maximum atomic E-state index is 11.2. The van der Waals surface area contributed by atoms with Crippen LogP contribution in [0, 0.1) is 0 Å². The molecule has 4 atom stereocenters. The molecule has 0 fully saturated rings. The lowest BCUT2D eigenvalue weighted by atomic mass is 9.84. The number of rotatable bonds is 10. The van der Waals surface area contributed by atoms with E-state index in [-0.39, 0.29) is 6.61 Å². The molecule has 0 heterocycles. The van der Waals surface area contributed by atoms with Crippen molar-refractivity contribution in [1.29, 1.82) is 0 Å². The van der Waals surface area contributed by atoms with Crippen molar-refractivity contribution in [2.45, 2.75) is 43.7 Å². The van der Waals surface area contributed by atoms with Crippen LogP contribution < -0.4 is 0 Å². The number of aliphatic hydroxyl groups excluding tert-OH is 1. The van der Waals surface area contributed by atoms with Crippen LogP contribution in [0.4, 0.5) is 0 Å². The van der Waals surface area contributed by atoms with Gasteiger partial charge in [0.05, 0.1) is 26.4 Å². The van der Waals surface area contributed by atoms with Gasteiger partial charge >= 0.3 is 0 Å². The van der Waals surface area contributed by atoms with E-state index < -0.39 is 30.5 Å². The fraction of sp³-hybridized carbons (Fsp3) is 0.286. The van der Waals surface area contributed by atoms with Gasteiger partial charge in [-0.25, -0.2) is 0 Å². The van der Waals surface area contributed by atoms with Crippen LogP contribution in [0.5, 0.6) is 0 Å². The average Bonchev–Trinajstić information content (AvgIpc) is 2.88. The van der Waals surface area contributed by atoms with Gasteiger partial charge in [0.25, 0.3) is 0 Å². The highest BCUT2D eigenvalue weighted by molar-refractivity contribution is 5.20. The molecule has 2 N–H and O–H groups in total. The molecule has 1 aliphatic carbocycles. The predicted molar refractivity (Wildman–Crippen MR) is 126 cm³/mol. The van der Waals surface area contributed by atoms with Crippen molar-refractivity contribution in [2.75, 3.05) is 6.61 Å². The summed E-state index contributed by atoms with van der Waals surface area (Å²) >= 11 is 0. The highest BCUT2D eigenvalue weighted by Crippen LogP contribution is 2.31. The fourth-order valence-corrected chi connectivity index (χ4v) is 3.93. The van der Waals surface area contributed by atoms with Gasteiger partial charge in [-0.2, -0.15) is 0 Å². The summed E-state index contributed by atoms with van der Waals surface area (Å²) in [6.07, 6.45) is 1.43. The SMILES string of the molecule is OC[C@]1(O)C=C[C@H](OCc2ccccc2)[C@@H](OCc2ccccc2)[C@@H]1OCc1ccccc1. The van der Waals surface area contributed by atoms with E-state index in [0.717, 1.165) is 16.7 Å². The lowest BCUT2D eigenvalue weighted by molar-refractivity contribution is -0.204. The zero-order chi connectivity index (χ0) is 22.9. The van der Waals surface area contributed by atoms with Crippen molar-refractivity contribution in [1.82, 2.24) is 0 Å². The number of hydrogen-bond acceptors (Lipinski definition) is 5. The summed E-state index contributed by atoms with van der Waals surface area (Å²) in [4.78, 5) is 0. The number of hydrogen-bond donors (Lipinski definition) is 2. The minimum atomic E-state index is -1.58. The van der Waals surface area contributed by atoms with Gasteiger partial charge in [0.1, 0.15) is 23.9 Å². The Kier molecular flexibility index (Phi) is 8.05. The van der Waals surface area contributed by atoms with Crippen molar-refractivity contribution >= 4 is 0 Å². The van der Waals surface area contributed by atoms with Crippen LogP contribution in [0.2, 0.25) is 0 Å². The quantitative estimate of drug-likeness (QED) is 0.460. The maximum Gasteiger partial charge on any atom is 0.134 e. The zero-order valence-electron chi connectivity index (χ0n) is 18.5. The molecule has 0 bridgehead atoms. The highest BCUT2D eigenvalue weighted by Gasteiger charge is 2.47. The monoisotopic (exact) mass is 446 g/mol. The summed E-state index contributed by atoms with van der Waals surface area (Å²) in [6, 6.07) is 29.5. The third-order valence-electron chi connectivity index (χ3n) is 5.79. The Hall–Kier alpha value is -2.80. The molecule has 5 nitrogen and oxygen atoms in total. The minimum Gasteiger partial charge on any atom is -0.393 e. The molecule has 172 valence electrons. The van der Waals surface area contributed by atoms with E-state index in [1.165, 1.54) is 0 Å². The molecule has 0 saturated carbocycles. The van der Waals surface area contributed by atoms with Crippen LogP contribution in [-0.4, -0.2) is 40.7 Å². The Morgan fingerprint density at radius 2 is 1.09 bits per heavy atom. The molecular formula is C28H30O5. The van der Waals surface area contributed by atoms with Gasteiger partial charge in [-0.05, 0) is 22.8 Å². The molecule has 3 aromatic rings.